The number of nitrogens with one attached hydrogen (secondary N) is 1. The number of hydrogen-bond acceptors (Lipinski definition) is 8. The number of fused-ring (bicyclic) bond motifs is 3. The highest BCUT2D eigenvalue weighted by molar-refractivity contribution is 6.27. The standard InChI is InChI=1S/C26H34N4O6/c1-26(2,3)36-25(34)30-14-16-12-17(30)13-28(16)15-20(31)29(10-11-35-5)22-21(27-4)23(32)18-8-6-7-9-19(18)24(22)33/h6-9,16-17,27H,10-15H2,1-5H3/t16-,17+/m0/s1. The summed E-state index contributed by atoms with van der Waals surface area (Å²) < 4.78 is 10.7. The Bertz CT molecular complexity index is 1110. The zero-order chi connectivity index (χ0) is 26.2. The summed E-state index contributed by atoms with van der Waals surface area (Å²) in [4.78, 5) is 57.9. The molecule has 0 saturated carbocycles. The Morgan fingerprint density at radius 2 is 1.75 bits per heavy atom. The van der Waals surface area contributed by atoms with E-state index in [4.69, 9.17) is 9.47 Å². The predicted molar refractivity (Wildman–Crippen MR) is 131 cm³/mol. The van der Waals surface area contributed by atoms with Gasteiger partial charge in [-0.15, -0.1) is 0 Å². The fourth-order valence-electron chi connectivity index (χ4n) is 5.14. The van der Waals surface area contributed by atoms with Gasteiger partial charge in [0.2, 0.25) is 17.5 Å². The van der Waals surface area contributed by atoms with Crippen molar-refractivity contribution in [3.63, 3.8) is 0 Å². The first kappa shape index (κ1) is 25.8. The number of likely N-dealkylation sites (tertiary alicyclic amines) is 2. The minimum atomic E-state index is -0.572. The largest absolute Gasteiger partial charge is 0.444 e. The minimum Gasteiger partial charge on any atom is -0.444 e. The van der Waals surface area contributed by atoms with Crippen LogP contribution in [0.1, 0.15) is 47.9 Å². The number of ketones is 2. The lowest BCUT2D eigenvalue weighted by molar-refractivity contribution is -0.131. The average Bonchev–Trinajstić information content (AvgIpc) is 3.42. The Balaban J connectivity index is 1.53. The number of methoxy groups -OCH3 is 1. The van der Waals surface area contributed by atoms with Crippen LogP contribution in [0.25, 0.3) is 0 Å². The molecule has 0 spiro atoms. The van der Waals surface area contributed by atoms with Crippen LogP contribution in [0.4, 0.5) is 4.79 Å². The first-order chi connectivity index (χ1) is 17.1. The summed E-state index contributed by atoms with van der Waals surface area (Å²) in [5, 5.41) is 2.85. The number of hydrogen-bond donors (Lipinski definition) is 1. The van der Waals surface area contributed by atoms with Crippen LogP contribution in [-0.4, -0.2) is 103 Å². The van der Waals surface area contributed by atoms with Gasteiger partial charge in [-0.1, -0.05) is 24.3 Å². The van der Waals surface area contributed by atoms with Crippen LogP contribution < -0.4 is 5.32 Å². The number of amides is 2. The summed E-state index contributed by atoms with van der Waals surface area (Å²) in [5.41, 5.74) is 0.163. The number of likely N-dealkylation sites (N-methyl/N-ethyl adjacent to an activating group) is 1. The van der Waals surface area contributed by atoms with Gasteiger partial charge in [-0.05, 0) is 27.2 Å². The van der Waals surface area contributed by atoms with Crippen LogP contribution in [0.15, 0.2) is 35.7 Å². The number of carbonyl (C=O) groups excluding carboxylic acids is 4. The third kappa shape index (κ3) is 4.87. The molecule has 2 bridgehead atoms. The molecule has 1 aromatic rings. The molecule has 2 fully saturated rings. The van der Waals surface area contributed by atoms with Crippen molar-refractivity contribution in [3.05, 3.63) is 46.8 Å². The molecule has 2 aliphatic heterocycles. The molecule has 4 rings (SSSR count). The first-order valence-corrected chi connectivity index (χ1v) is 12.2. The second-order valence-electron chi connectivity index (χ2n) is 10.3. The van der Waals surface area contributed by atoms with E-state index < -0.39 is 5.60 Å². The first-order valence-electron chi connectivity index (χ1n) is 12.2. The molecule has 36 heavy (non-hydrogen) atoms. The van der Waals surface area contributed by atoms with Gasteiger partial charge >= 0.3 is 6.09 Å². The van der Waals surface area contributed by atoms with Gasteiger partial charge < -0.3 is 24.6 Å². The highest BCUT2D eigenvalue weighted by Gasteiger charge is 2.47. The smallest absolute Gasteiger partial charge is 0.410 e. The monoisotopic (exact) mass is 498 g/mol. The van der Waals surface area contributed by atoms with Gasteiger partial charge in [0, 0.05) is 57.0 Å². The number of piperazine rings is 1. The summed E-state index contributed by atoms with van der Waals surface area (Å²) in [6.07, 6.45) is 0.427. The Hall–Kier alpha value is -3.24. The molecular formula is C26H34N4O6. The second-order valence-corrected chi connectivity index (χ2v) is 10.3. The number of carbonyl (C=O) groups is 4. The number of ether oxygens (including phenoxy) is 2. The van der Waals surface area contributed by atoms with Gasteiger partial charge in [0.15, 0.2) is 0 Å². The summed E-state index contributed by atoms with van der Waals surface area (Å²) in [6, 6.07) is 6.62. The number of nitrogens with zero attached hydrogens (tertiary/aromatic N) is 3. The van der Waals surface area contributed by atoms with Crippen LogP contribution in [0, 0.1) is 0 Å². The molecule has 3 aliphatic rings. The Morgan fingerprint density at radius 1 is 1.08 bits per heavy atom. The van der Waals surface area contributed by atoms with E-state index in [1.165, 1.54) is 12.0 Å². The maximum atomic E-state index is 13.6. The van der Waals surface area contributed by atoms with Gasteiger partial charge in [0.25, 0.3) is 0 Å². The summed E-state index contributed by atoms with van der Waals surface area (Å²) in [5.74, 6) is -1.00. The van der Waals surface area contributed by atoms with Crippen molar-refractivity contribution in [2.45, 2.75) is 44.9 Å². The summed E-state index contributed by atoms with van der Waals surface area (Å²) in [6.45, 7) is 6.93. The van der Waals surface area contributed by atoms with Crippen molar-refractivity contribution >= 4 is 23.6 Å². The highest BCUT2D eigenvalue weighted by Crippen LogP contribution is 2.33. The van der Waals surface area contributed by atoms with E-state index in [-0.39, 0.29) is 72.3 Å². The second kappa shape index (κ2) is 10.0. The van der Waals surface area contributed by atoms with Crippen molar-refractivity contribution in [2.24, 2.45) is 0 Å². The van der Waals surface area contributed by atoms with Crippen LogP contribution >= 0.6 is 0 Å². The molecule has 194 valence electrons. The fraction of sp³-hybridized carbons (Fsp3) is 0.538. The molecule has 2 saturated heterocycles. The number of rotatable bonds is 7. The molecule has 2 atom stereocenters. The molecule has 1 aromatic carbocycles. The molecule has 0 unspecified atom stereocenters. The van der Waals surface area contributed by atoms with Crippen molar-refractivity contribution < 1.29 is 28.7 Å². The van der Waals surface area contributed by atoms with Crippen LogP contribution in [0.5, 0.6) is 0 Å². The quantitative estimate of drug-likeness (QED) is 0.605. The van der Waals surface area contributed by atoms with Gasteiger partial charge in [-0.25, -0.2) is 4.79 Å². The molecule has 1 aliphatic carbocycles. The van der Waals surface area contributed by atoms with E-state index in [1.807, 2.05) is 25.7 Å². The van der Waals surface area contributed by atoms with Gasteiger partial charge in [-0.2, -0.15) is 0 Å². The van der Waals surface area contributed by atoms with Crippen molar-refractivity contribution in [1.82, 2.24) is 20.0 Å². The van der Waals surface area contributed by atoms with Gasteiger partial charge in [-0.3, -0.25) is 19.3 Å². The lowest BCUT2D eigenvalue weighted by Crippen LogP contribution is -2.53. The molecule has 2 heterocycles. The van der Waals surface area contributed by atoms with E-state index >= 15 is 0 Å². The molecule has 0 radical (unpaired) electrons. The van der Waals surface area contributed by atoms with E-state index in [1.54, 1.807) is 36.2 Å². The minimum absolute atomic E-state index is 0.0258. The van der Waals surface area contributed by atoms with Crippen LogP contribution in [-0.2, 0) is 14.3 Å². The highest BCUT2D eigenvalue weighted by atomic mass is 16.6. The summed E-state index contributed by atoms with van der Waals surface area (Å²) in [7, 11) is 3.09. The molecular weight excluding hydrogens is 464 g/mol. The fourth-order valence-corrected chi connectivity index (χ4v) is 5.14. The molecule has 1 N–H and O–H groups in total. The van der Waals surface area contributed by atoms with E-state index in [0.29, 0.717) is 18.7 Å². The third-order valence-electron chi connectivity index (χ3n) is 6.76. The maximum absolute atomic E-state index is 13.6. The maximum Gasteiger partial charge on any atom is 0.410 e. The predicted octanol–water partition coefficient (Wildman–Crippen LogP) is 1.67. The SMILES string of the molecule is CNC1=C(N(CCOC)C(=O)CN2C[C@H]3C[C@H]2CN3C(=O)OC(C)(C)C)C(=O)c2ccccc2C1=O. The lowest BCUT2D eigenvalue weighted by Gasteiger charge is -2.36. The van der Waals surface area contributed by atoms with Crippen molar-refractivity contribution in [1.29, 1.82) is 0 Å². The van der Waals surface area contributed by atoms with Crippen molar-refractivity contribution in [3.8, 4) is 0 Å². The number of allylic oxidation sites excluding steroid dienone is 2. The molecule has 2 amide bonds. The zero-order valence-corrected chi connectivity index (χ0v) is 21.5. The zero-order valence-electron chi connectivity index (χ0n) is 21.5. The normalized spacial score (nSPS) is 21.6. The molecule has 10 heteroatoms. The third-order valence-corrected chi connectivity index (χ3v) is 6.76. The van der Waals surface area contributed by atoms with E-state index in [0.717, 1.165) is 6.42 Å². The van der Waals surface area contributed by atoms with Crippen LogP contribution in [0.2, 0.25) is 0 Å². The lowest BCUT2D eigenvalue weighted by atomic mass is 9.89. The topological polar surface area (TPSA) is 108 Å². The van der Waals surface area contributed by atoms with E-state index in [9.17, 15) is 19.2 Å². The average molecular weight is 499 g/mol. The van der Waals surface area contributed by atoms with E-state index in [2.05, 4.69) is 5.32 Å². The Labute approximate surface area is 211 Å². The van der Waals surface area contributed by atoms with Crippen molar-refractivity contribution in [2.75, 3.05) is 46.9 Å². The van der Waals surface area contributed by atoms with Gasteiger partial charge in [0.05, 0.1) is 13.2 Å². The molecule has 0 aromatic heterocycles. The Kier molecular flexibility index (Phi) is 7.19. The molecule has 10 nitrogen and oxygen atoms in total. The summed E-state index contributed by atoms with van der Waals surface area (Å²) >= 11 is 0. The van der Waals surface area contributed by atoms with Gasteiger partial charge in [0.1, 0.15) is 17.0 Å². The number of benzene rings is 1. The Morgan fingerprint density at radius 3 is 2.31 bits per heavy atom. The van der Waals surface area contributed by atoms with Crippen LogP contribution in [0.3, 0.4) is 0 Å². The number of Topliss-reactive ketones (excluding diaryl/α,β-unsaturated/α-hetero) is 2.